The lowest BCUT2D eigenvalue weighted by Crippen LogP contribution is -2.00. The van der Waals surface area contributed by atoms with Gasteiger partial charge < -0.3 is 27.1 Å². The summed E-state index contributed by atoms with van der Waals surface area (Å²) in [7, 11) is 0. The fourth-order valence-corrected chi connectivity index (χ4v) is 20.6. The minimum absolute atomic E-state index is 0.603. The lowest BCUT2D eigenvalue weighted by Gasteiger charge is -2.11. The Balaban J connectivity index is 0.000000139. The molecule has 20 aromatic carbocycles. The van der Waals surface area contributed by atoms with E-state index in [1.165, 1.54) is 33.0 Å². The highest BCUT2D eigenvalue weighted by Gasteiger charge is 2.28. The number of fused-ring (bicyclic) bond motifs is 22. The average molecular weight is 1760 g/mol. The topological polar surface area (TPSA) is 123 Å². The third-order valence-electron chi connectivity index (χ3n) is 27.2. The van der Waals surface area contributed by atoms with E-state index in [-0.39, 0.29) is 0 Å². The van der Waals surface area contributed by atoms with E-state index < -0.39 is 0 Å². The van der Waals surface area contributed by atoms with Crippen molar-refractivity contribution in [2.24, 2.45) is 0 Å². The predicted octanol–water partition coefficient (Wildman–Crippen LogP) is 32.6. The van der Waals surface area contributed by atoms with Crippen LogP contribution in [0.25, 0.3) is 267 Å². The molecule has 0 saturated carbocycles. The molecule has 8 aromatic heterocycles. The number of aromatic nitrogens is 10. The van der Waals surface area contributed by atoms with Gasteiger partial charge >= 0.3 is 0 Å². The van der Waals surface area contributed by atoms with Crippen molar-refractivity contribution in [3.05, 3.63) is 473 Å². The Hall–Kier alpha value is -18.8. The third kappa shape index (κ3) is 13.3. The standard InChI is InChI=1S/2C63H39N5O/c1-4-15-40(16-5-1)42-27-31-47(32-28-42)67-55-25-12-10-23-49(55)51-35-37-53-54-38-36-52-50-24-11-13-26-56(50)68(58(52)60(54)69-59(53)57(51)67)48-33-29-44(30-34-48)62-64-61(43-19-8-3-9-20-43)65-63(66-62)46-22-14-21-45(39-46)41-17-6-2-7-18-41;1-4-14-40(15-5-1)42-24-26-45(27-25-42)62-64-61(44-18-8-3-9-19-44)65-63(66-62)46-30-34-48(35-31-46)68-56-23-13-11-21-50(56)52-37-39-54-53-38-36-51-49-20-10-12-22-55(49)67(57(51)59(53)69-60(54)58(52)68)47-32-28-43(29-33-47)41-16-6-2-7-17-41/h2*1-39H. The number of nitrogens with zero attached hydrogens (tertiary/aromatic N) is 10. The Morgan fingerprint density at radius 1 is 0.130 bits per heavy atom. The molecule has 0 atom stereocenters. The van der Waals surface area contributed by atoms with Crippen LogP contribution in [-0.4, -0.2) is 48.2 Å². The summed E-state index contributed by atoms with van der Waals surface area (Å²) < 4.78 is 24.1. The first-order chi connectivity index (χ1) is 68.4. The second-order valence-corrected chi connectivity index (χ2v) is 35.1. The number of benzene rings is 20. The van der Waals surface area contributed by atoms with Crippen LogP contribution < -0.4 is 0 Å². The molecule has 0 saturated heterocycles. The van der Waals surface area contributed by atoms with Crippen LogP contribution in [0.15, 0.2) is 482 Å². The highest BCUT2D eigenvalue weighted by Crippen LogP contribution is 2.49. The Morgan fingerprint density at radius 3 is 0.587 bits per heavy atom. The molecule has 0 fully saturated rings. The summed E-state index contributed by atoms with van der Waals surface area (Å²) in [4.78, 5) is 30.4. The van der Waals surface area contributed by atoms with Crippen LogP contribution >= 0.6 is 0 Å². The average Bonchev–Trinajstić information content (AvgIpc) is 1.54. The first kappa shape index (κ1) is 79.0. The Kier molecular flexibility index (Phi) is 18.7. The zero-order chi connectivity index (χ0) is 90.8. The van der Waals surface area contributed by atoms with Crippen LogP contribution in [0.2, 0.25) is 0 Å². The van der Waals surface area contributed by atoms with Crippen molar-refractivity contribution in [1.29, 1.82) is 0 Å². The molecular formula is C126H78N10O2. The van der Waals surface area contributed by atoms with Crippen LogP contribution in [0.5, 0.6) is 0 Å². The van der Waals surface area contributed by atoms with Gasteiger partial charge in [-0.3, -0.25) is 0 Å². The summed E-state index contributed by atoms with van der Waals surface area (Å²) in [6.45, 7) is 0. The van der Waals surface area contributed by atoms with E-state index in [1.807, 2.05) is 72.8 Å². The number of furan rings is 2. The monoisotopic (exact) mass is 1760 g/mol. The normalized spacial score (nSPS) is 11.8. The lowest BCUT2D eigenvalue weighted by molar-refractivity contribution is 0.673. The first-order valence-corrected chi connectivity index (χ1v) is 46.5. The van der Waals surface area contributed by atoms with Crippen LogP contribution in [-0.2, 0) is 0 Å². The first-order valence-electron chi connectivity index (χ1n) is 46.5. The predicted molar refractivity (Wildman–Crippen MR) is 566 cm³/mol. The van der Waals surface area contributed by atoms with Crippen LogP contribution in [0.3, 0.4) is 0 Å². The van der Waals surface area contributed by atoms with E-state index in [9.17, 15) is 0 Å². The lowest BCUT2D eigenvalue weighted by atomic mass is 10.0. The van der Waals surface area contributed by atoms with E-state index in [4.69, 9.17) is 38.7 Å². The van der Waals surface area contributed by atoms with Gasteiger partial charge in [-0.25, -0.2) is 29.9 Å². The second kappa shape index (κ2) is 32.6. The molecule has 0 aliphatic rings. The molecule has 0 radical (unpaired) electrons. The molecule has 28 rings (SSSR count). The van der Waals surface area contributed by atoms with Gasteiger partial charge in [0.1, 0.15) is 0 Å². The SMILES string of the molecule is c1ccc(-c2ccc(-c3nc(-c4ccccc4)nc(-c4ccc(-n5c6ccccc6c6ccc7c8ccc9c%10ccccc%10n(-c%10ccc(-c%11ccccc%11)cc%10)c9c8oc7c65)cc4)n3)cc2)cc1.c1ccc(-c2ccc(-n3c4ccccc4c4ccc5c6ccc7c8ccccc8n(-c8ccc(-c9nc(-c%10ccccc%10)nc(-c%10cccc(-c%11ccccc%11)c%10)n9)cc8)c7c6oc5c43)cc2)cc1. The fraction of sp³-hybridized carbons (Fsp3) is 0. The minimum atomic E-state index is 0.603. The molecule has 0 aliphatic heterocycles. The smallest absolute Gasteiger partial charge is 0.164 e. The van der Waals surface area contributed by atoms with E-state index in [0.717, 1.165) is 199 Å². The number of rotatable bonds is 14. The summed E-state index contributed by atoms with van der Waals surface area (Å²) >= 11 is 0. The summed E-state index contributed by atoms with van der Waals surface area (Å²) in [5.74, 6) is 3.69. The highest BCUT2D eigenvalue weighted by atomic mass is 16.3. The van der Waals surface area contributed by atoms with E-state index in [1.54, 1.807) is 0 Å². The summed E-state index contributed by atoms with van der Waals surface area (Å²) in [6.07, 6.45) is 0. The van der Waals surface area contributed by atoms with Gasteiger partial charge in [-0.05, 0) is 172 Å². The molecule has 644 valence electrons. The number of hydrogen-bond donors (Lipinski definition) is 0. The van der Waals surface area contributed by atoms with Crippen molar-refractivity contribution in [3.8, 4) is 136 Å². The van der Waals surface area contributed by atoms with E-state index >= 15 is 0 Å². The Bertz CT molecular complexity index is 9630. The summed E-state index contributed by atoms with van der Waals surface area (Å²) in [6, 6.07) is 166. The van der Waals surface area contributed by atoms with Gasteiger partial charge in [0.05, 0.1) is 44.1 Å². The van der Waals surface area contributed by atoms with Crippen molar-refractivity contribution in [1.82, 2.24) is 48.2 Å². The molecule has 8 heterocycles. The van der Waals surface area contributed by atoms with Crippen LogP contribution in [0.1, 0.15) is 0 Å². The molecule has 0 unspecified atom stereocenters. The quantitative estimate of drug-likeness (QED) is 0.105. The fourth-order valence-electron chi connectivity index (χ4n) is 20.6. The van der Waals surface area contributed by atoms with Gasteiger partial charge in [0.25, 0.3) is 0 Å². The molecule has 0 bridgehead atoms. The number of para-hydroxylation sites is 4. The molecule has 0 N–H and O–H groups in total. The molecule has 138 heavy (non-hydrogen) atoms. The highest BCUT2D eigenvalue weighted by molar-refractivity contribution is 6.28. The van der Waals surface area contributed by atoms with Crippen molar-refractivity contribution in [3.63, 3.8) is 0 Å². The Labute approximate surface area is 791 Å². The Morgan fingerprint density at radius 2 is 0.312 bits per heavy atom. The maximum absolute atomic E-state index is 7.33. The maximum atomic E-state index is 7.33. The zero-order valence-corrected chi connectivity index (χ0v) is 74.3. The van der Waals surface area contributed by atoms with Gasteiger partial charge in [0.15, 0.2) is 57.3 Å². The summed E-state index contributed by atoms with van der Waals surface area (Å²) in [5, 5.41) is 13.5. The molecule has 0 amide bonds. The minimum Gasteiger partial charge on any atom is -0.452 e. The van der Waals surface area contributed by atoms with Crippen LogP contribution in [0.4, 0.5) is 0 Å². The van der Waals surface area contributed by atoms with Crippen molar-refractivity contribution in [2.75, 3.05) is 0 Å². The van der Waals surface area contributed by atoms with Crippen LogP contribution in [0, 0.1) is 0 Å². The van der Waals surface area contributed by atoms with E-state index in [0.29, 0.717) is 34.9 Å². The number of hydrogen-bond acceptors (Lipinski definition) is 8. The zero-order valence-electron chi connectivity index (χ0n) is 74.3. The molecule has 28 aromatic rings. The van der Waals surface area contributed by atoms with Crippen molar-refractivity contribution >= 4 is 131 Å². The van der Waals surface area contributed by atoms with E-state index in [2.05, 4.69) is 419 Å². The summed E-state index contributed by atoms with van der Waals surface area (Å²) in [5.41, 5.74) is 31.0. The molecule has 0 aliphatic carbocycles. The van der Waals surface area contributed by atoms with Gasteiger partial charge in [-0.2, -0.15) is 0 Å². The van der Waals surface area contributed by atoms with Gasteiger partial charge in [0.2, 0.25) is 0 Å². The largest absolute Gasteiger partial charge is 0.452 e. The van der Waals surface area contributed by atoms with Gasteiger partial charge in [0, 0.05) is 121 Å². The van der Waals surface area contributed by atoms with Gasteiger partial charge in [-0.1, -0.05) is 346 Å². The third-order valence-corrected chi connectivity index (χ3v) is 27.2. The molecule has 12 heteroatoms. The van der Waals surface area contributed by atoms with Crippen molar-refractivity contribution in [2.45, 2.75) is 0 Å². The maximum Gasteiger partial charge on any atom is 0.164 e. The van der Waals surface area contributed by atoms with Gasteiger partial charge in [-0.15, -0.1) is 0 Å². The molecular weight excluding hydrogens is 1690 g/mol. The second-order valence-electron chi connectivity index (χ2n) is 35.1. The molecule has 12 nitrogen and oxygen atoms in total. The molecule has 0 spiro atoms. The van der Waals surface area contributed by atoms with Crippen molar-refractivity contribution < 1.29 is 8.83 Å².